The third-order valence-electron chi connectivity index (χ3n) is 1.36. The first kappa shape index (κ1) is 8.62. The van der Waals surface area contributed by atoms with Crippen LogP contribution < -0.4 is 5.73 Å². The van der Waals surface area contributed by atoms with Gasteiger partial charge in [0.2, 0.25) is 0 Å². The van der Waals surface area contributed by atoms with Gasteiger partial charge in [-0.3, -0.25) is 0 Å². The first-order chi connectivity index (χ1) is 5.15. The summed E-state index contributed by atoms with van der Waals surface area (Å²) in [6.45, 7) is 1.96. The van der Waals surface area contributed by atoms with E-state index in [1.165, 1.54) is 0 Å². The van der Waals surface area contributed by atoms with Gasteiger partial charge in [-0.15, -0.1) is 0 Å². The Bertz CT molecular complexity index is 273. The Labute approximate surface area is 75.3 Å². The molecule has 0 saturated carbocycles. The molecule has 60 valence electrons. The predicted molar refractivity (Wildman–Crippen MR) is 48.0 cm³/mol. The summed E-state index contributed by atoms with van der Waals surface area (Å²) in [6.07, 6.45) is 0.763. The second kappa shape index (κ2) is 3.28. The Kier molecular flexibility index (Phi) is 2.58. The quantitative estimate of drug-likeness (QED) is 0.692. The van der Waals surface area contributed by atoms with Gasteiger partial charge in [0.1, 0.15) is 0 Å². The van der Waals surface area contributed by atoms with E-state index in [0.29, 0.717) is 15.9 Å². The highest BCUT2D eigenvalue weighted by atomic mass is 35.5. The molecule has 0 aromatic carbocycles. The van der Waals surface area contributed by atoms with Crippen LogP contribution >= 0.6 is 23.2 Å². The maximum atomic E-state index is 5.80. The fraction of sp³-hybridized carbons (Fsp3) is 0.286. The molecular formula is C7H8Cl2N2. The molecule has 1 aromatic heterocycles. The largest absolute Gasteiger partial charge is 0.396 e. The molecule has 0 radical (unpaired) electrons. The van der Waals surface area contributed by atoms with Crippen LogP contribution in [0.2, 0.25) is 10.2 Å². The van der Waals surface area contributed by atoms with E-state index in [1.54, 1.807) is 6.07 Å². The highest BCUT2D eigenvalue weighted by molar-refractivity contribution is 6.34. The zero-order valence-corrected chi connectivity index (χ0v) is 7.58. The number of halogens is 2. The van der Waals surface area contributed by atoms with E-state index < -0.39 is 0 Å². The maximum absolute atomic E-state index is 5.80. The van der Waals surface area contributed by atoms with Gasteiger partial charge in [0.05, 0.1) is 16.4 Å². The Balaban J connectivity index is 3.21. The van der Waals surface area contributed by atoms with E-state index in [4.69, 9.17) is 28.9 Å². The second-order valence-electron chi connectivity index (χ2n) is 2.15. The monoisotopic (exact) mass is 190 g/mol. The summed E-state index contributed by atoms with van der Waals surface area (Å²) in [7, 11) is 0. The van der Waals surface area contributed by atoms with Gasteiger partial charge in [0.15, 0.2) is 5.15 Å². The summed E-state index contributed by atoms with van der Waals surface area (Å²) < 4.78 is 0. The standard InChI is InChI=1S/C7H8Cl2N2/c1-2-6-4(8)3-5(10)7(9)11-6/h3H,2,10H2,1H3. The predicted octanol–water partition coefficient (Wildman–Crippen LogP) is 2.53. The molecule has 0 saturated heterocycles. The molecule has 11 heavy (non-hydrogen) atoms. The summed E-state index contributed by atoms with van der Waals surface area (Å²) in [5, 5.41) is 0.903. The lowest BCUT2D eigenvalue weighted by Gasteiger charge is -2.02. The first-order valence-corrected chi connectivity index (χ1v) is 4.01. The molecule has 1 rings (SSSR count). The average molecular weight is 191 g/mol. The number of anilines is 1. The van der Waals surface area contributed by atoms with E-state index in [-0.39, 0.29) is 0 Å². The van der Waals surface area contributed by atoms with Crippen LogP contribution in [0.15, 0.2) is 6.07 Å². The lowest BCUT2D eigenvalue weighted by atomic mass is 10.3. The van der Waals surface area contributed by atoms with Gasteiger partial charge in [-0.05, 0) is 12.5 Å². The van der Waals surface area contributed by atoms with E-state index in [1.807, 2.05) is 6.92 Å². The molecule has 0 aliphatic carbocycles. The molecule has 0 amide bonds. The minimum absolute atomic E-state index is 0.325. The van der Waals surface area contributed by atoms with E-state index >= 15 is 0 Å². The zero-order chi connectivity index (χ0) is 8.43. The van der Waals surface area contributed by atoms with Crippen molar-refractivity contribution in [1.82, 2.24) is 4.98 Å². The summed E-state index contributed by atoms with van der Waals surface area (Å²) in [6, 6.07) is 1.62. The van der Waals surface area contributed by atoms with Crippen LogP contribution in [-0.4, -0.2) is 4.98 Å². The molecule has 0 aliphatic rings. The van der Waals surface area contributed by atoms with Gasteiger partial charge in [0, 0.05) is 0 Å². The highest BCUT2D eigenvalue weighted by Crippen LogP contribution is 2.23. The summed E-state index contributed by atoms with van der Waals surface area (Å²) in [5.41, 5.74) is 6.67. The molecule has 0 fully saturated rings. The van der Waals surface area contributed by atoms with Crippen LogP contribution in [0.3, 0.4) is 0 Å². The van der Waals surface area contributed by atoms with Crippen molar-refractivity contribution in [3.8, 4) is 0 Å². The van der Waals surface area contributed by atoms with E-state index in [0.717, 1.165) is 12.1 Å². The molecule has 0 unspecified atom stereocenters. The van der Waals surface area contributed by atoms with Crippen LogP contribution in [0.5, 0.6) is 0 Å². The van der Waals surface area contributed by atoms with Crippen molar-refractivity contribution in [1.29, 1.82) is 0 Å². The number of rotatable bonds is 1. The van der Waals surface area contributed by atoms with Gasteiger partial charge < -0.3 is 5.73 Å². The van der Waals surface area contributed by atoms with Gasteiger partial charge >= 0.3 is 0 Å². The van der Waals surface area contributed by atoms with Crippen molar-refractivity contribution >= 4 is 28.9 Å². The Morgan fingerprint density at radius 3 is 2.73 bits per heavy atom. The van der Waals surface area contributed by atoms with Crippen LogP contribution in [0.1, 0.15) is 12.6 Å². The third-order valence-corrected chi connectivity index (χ3v) is 1.99. The Morgan fingerprint density at radius 2 is 2.18 bits per heavy atom. The van der Waals surface area contributed by atoms with E-state index in [2.05, 4.69) is 4.98 Å². The number of pyridine rings is 1. The average Bonchev–Trinajstić information content (AvgIpc) is 1.97. The van der Waals surface area contributed by atoms with Gasteiger partial charge in [-0.2, -0.15) is 0 Å². The topological polar surface area (TPSA) is 38.9 Å². The number of nitrogens with zero attached hydrogens (tertiary/aromatic N) is 1. The number of hydrogen-bond donors (Lipinski definition) is 1. The van der Waals surface area contributed by atoms with Gasteiger partial charge in [-0.25, -0.2) is 4.98 Å². The van der Waals surface area contributed by atoms with Crippen molar-refractivity contribution in [3.63, 3.8) is 0 Å². The molecule has 1 heterocycles. The minimum Gasteiger partial charge on any atom is -0.396 e. The molecule has 4 heteroatoms. The van der Waals surface area contributed by atoms with Crippen LogP contribution in [-0.2, 0) is 6.42 Å². The third kappa shape index (κ3) is 1.76. The lowest BCUT2D eigenvalue weighted by molar-refractivity contribution is 1.04. The highest BCUT2D eigenvalue weighted by Gasteiger charge is 2.03. The number of hydrogen-bond acceptors (Lipinski definition) is 2. The summed E-state index contributed by atoms with van der Waals surface area (Å²) in [4.78, 5) is 4.00. The Hall–Kier alpha value is -0.470. The zero-order valence-electron chi connectivity index (χ0n) is 6.06. The lowest BCUT2D eigenvalue weighted by Crippen LogP contribution is -1.94. The normalized spacial score (nSPS) is 10.1. The molecular weight excluding hydrogens is 183 g/mol. The fourth-order valence-corrected chi connectivity index (χ4v) is 1.21. The number of aromatic nitrogens is 1. The van der Waals surface area contributed by atoms with Crippen LogP contribution in [0.4, 0.5) is 5.69 Å². The van der Waals surface area contributed by atoms with Crippen molar-refractivity contribution in [2.45, 2.75) is 13.3 Å². The van der Waals surface area contributed by atoms with Crippen molar-refractivity contribution < 1.29 is 0 Å². The maximum Gasteiger partial charge on any atom is 0.152 e. The van der Waals surface area contributed by atoms with Crippen molar-refractivity contribution in [2.24, 2.45) is 0 Å². The molecule has 0 atom stereocenters. The molecule has 0 aliphatic heterocycles. The molecule has 0 bridgehead atoms. The second-order valence-corrected chi connectivity index (χ2v) is 2.92. The number of aryl methyl sites for hydroxylation is 1. The van der Waals surface area contributed by atoms with Crippen molar-refractivity contribution in [3.05, 3.63) is 21.9 Å². The summed E-state index contributed by atoms with van der Waals surface area (Å²) in [5.74, 6) is 0. The summed E-state index contributed by atoms with van der Waals surface area (Å²) >= 11 is 11.5. The smallest absolute Gasteiger partial charge is 0.152 e. The number of nitrogens with two attached hydrogens (primary N) is 1. The molecule has 1 aromatic rings. The van der Waals surface area contributed by atoms with Crippen LogP contribution in [0, 0.1) is 0 Å². The SMILES string of the molecule is CCc1nc(Cl)c(N)cc1Cl. The molecule has 0 spiro atoms. The number of nitrogen functional groups attached to an aromatic ring is 1. The fourth-order valence-electron chi connectivity index (χ4n) is 0.764. The van der Waals surface area contributed by atoms with Gasteiger partial charge in [-0.1, -0.05) is 30.1 Å². The Morgan fingerprint density at radius 1 is 1.55 bits per heavy atom. The van der Waals surface area contributed by atoms with Crippen molar-refractivity contribution in [2.75, 3.05) is 5.73 Å². The minimum atomic E-state index is 0.325. The molecule has 2 nitrogen and oxygen atoms in total. The van der Waals surface area contributed by atoms with Gasteiger partial charge in [0.25, 0.3) is 0 Å². The molecule has 2 N–H and O–H groups in total. The van der Waals surface area contributed by atoms with E-state index in [9.17, 15) is 0 Å². The first-order valence-electron chi connectivity index (χ1n) is 3.25. The van der Waals surface area contributed by atoms with Crippen LogP contribution in [0.25, 0.3) is 0 Å².